The summed E-state index contributed by atoms with van der Waals surface area (Å²) in [4.78, 5) is 36.4. The monoisotopic (exact) mass is 407 g/mol. The highest BCUT2D eigenvalue weighted by atomic mass is 19.4. The number of H-pyrrole nitrogens is 1. The number of benzene rings is 2. The Morgan fingerprint density at radius 2 is 1.86 bits per heavy atom. The van der Waals surface area contributed by atoms with Crippen LogP contribution in [-0.4, -0.2) is 28.4 Å². The summed E-state index contributed by atoms with van der Waals surface area (Å²) >= 11 is 0. The number of fused-ring (bicyclic) bond motifs is 1. The molecule has 8 nitrogen and oxygen atoms in total. The predicted molar refractivity (Wildman–Crippen MR) is 95.3 cm³/mol. The van der Waals surface area contributed by atoms with Gasteiger partial charge >= 0.3 is 12.1 Å². The van der Waals surface area contributed by atoms with Crippen molar-refractivity contribution < 1.29 is 32.4 Å². The largest absolute Gasteiger partial charge is 0.451 e. The van der Waals surface area contributed by atoms with Crippen molar-refractivity contribution in [1.29, 1.82) is 0 Å². The zero-order valence-electron chi connectivity index (χ0n) is 14.4. The normalized spacial score (nSPS) is 11.3. The third-order valence-electron chi connectivity index (χ3n) is 3.88. The van der Waals surface area contributed by atoms with Crippen LogP contribution in [0.1, 0.15) is 16.1 Å². The first-order chi connectivity index (χ1) is 13.6. The second-order valence-electron chi connectivity index (χ2n) is 5.88. The molecule has 0 aliphatic carbocycles. The summed E-state index contributed by atoms with van der Waals surface area (Å²) in [5, 5.41) is 13.4. The third-order valence-corrected chi connectivity index (χ3v) is 3.88. The molecular weight excluding hydrogens is 395 g/mol. The molecule has 0 aliphatic rings. The highest BCUT2D eigenvalue weighted by Crippen LogP contribution is 2.37. The molecule has 0 bridgehead atoms. The van der Waals surface area contributed by atoms with Crippen LogP contribution >= 0.6 is 0 Å². The van der Waals surface area contributed by atoms with Gasteiger partial charge in [0.05, 0.1) is 16.2 Å². The number of aromatic amines is 1. The minimum Gasteiger partial charge on any atom is -0.451 e. The number of nitro groups is 1. The number of alkyl halides is 3. The van der Waals surface area contributed by atoms with E-state index in [1.807, 2.05) is 5.32 Å². The number of rotatable bonds is 5. The molecule has 11 heteroatoms. The highest BCUT2D eigenvalue weighted by molar-refractivity contribution is 5.98. The van der Waals surface area contributed by atoms with E-state index >= 15 is 0 Å². The molecule has 0 unspecified atom stereocenters. The van der Waals surface area contributed by atoms with E-state index in [1.54, 1.807) is 24.3 Å². The minimum absolute atomic E-state index is 0.0744. The summed E-state index contributed by atoms with van der Waals surface area (Å²) in [6.45, 7) is -0.845. The molecule has 0 saturated carbocycles. The van der Waals surface area contributed by atoms with Crippen molar-refractivity contribution in [2.24, 2.45) is 0 Å². The number of amides is 1. The van der Waals surface area contributed by atoms with E-state index in [0.717, 1.165) is 17.5 Å². The Bertz CT molecular complexity index is 1070. The number of carbonyl (C=O) groups is 2. The number of non-ortho nitro benzene ring substituents is 1. The molecule has 0 saturated heterocycles. The summed E-state index contributed by atoms with van der Waals surface area (Å²) in [5.41, 5.74) is -2.10. The lowest BCUT2D eigenvalue weighted by Crippen LogP contribution is -2.23. The Balaban J connectivity index is 1.69. The second kappa shape index (κ2) is 7.62. The fourth-order valence-corrected chi connectivity index (χ4v) is 2.57. The van der Waals surface area contributed by atoms with E-state index < -0.39 is 46.5 Å². The van der Waals surface area contributed by atoms with E-state index in [9.17, 15) is 32.9 Å². The first-order valence-corrected chi connectivity index (χ1v) is 8.05. The molecule has 0 spiro atoms. The number of nitrogens with one attached hydrogen (secondary N) is 2. The zero-order chi connectivity index (χ0) is 21.2. The van der Waals surface area contributed by atoms with Crippen LogP contribution in [0.15, 0.2) is 48.5 Å². The molecule has 29 heavy (non-hydrogen) atoms. The topological polar surface area (TPSA) is 114 Å². The van der Waals surface area contributed by atoms with Crippen LogP contribution in [0.5, 0.6) is 0 Å². The molecule has 150 valence electrons. The Morgan fingerprint density at radius 1 is 1.14 bits per heavy atom. The number of para-hydroxylation sites is 1. The summed E-state index contributed by atoms with van der Waals surface area (Å²) in [5.74, 6) is -1.90. The number of carbonyl (C=O) groups excluding carboxylic acids is 2. The van der Waals surface area contributed by atoms with Crippen LogP contribution in [0, 0.1) is 10.1 Å². The maximum Gasteiger partial charge on any atom is 0.418 e. The standard InChI is InChI=1S/C18H12F3N3O5/c19-18(20,21)12-8-11(24(27)28)5-6-14(12)23-16(25)9-29-17(26)15-7-10-3-1-2-4-13(10)22-15/h1-8,22H,9H2,(H,23,25). The van der Waals surface area contributed by atoms with Crippen molar-refractivity contribution in [3.63, 3.8) is 0 Å². The lowest BCUT2D eigenvalue weighted by molar-refractivity contribution is -0.385. The predicted octanol–water partition coefficient (Wildman–Crippen LogP) is 3.89. The Kier molecular flexibility index (Phi) is 5.22. The van der Waals surface area contributed by atoms with E-state index in [4.69, 9.17) is 4.74 Å². The summed E-state index contributed by atoms with van der Waals surface area (Å²) in [6.07, 6.45) is -4.93. The van der Waals surface area contributed by atoms with Crippen LogP contribution in [0.2, 0.25) is 0 Å². The number of hydrogen-bond acceptors (Lipinski definition) is 5. The van der Waals surface area contributed by atoms with Gasteiger partial charge in [0.15, 0.2) is 6.61 Å². The van der Waals surface area contributed by atoms with Crippen LogP contribution in [0.25, 0.3) is 10.9 Å². The van der Waals surface area contributed by atoms with Gasteiger partial charge in [-0.1, -0.05) is 18.2 Å². The van der Waals surface area contributed by atoms with Crippen molar-refractivity contribution in [3.05, 3.63) is 69.9 Å². The van der Waals surface area contributed by atoms with Crippen LogP contribution in [0.4, 0.5) is 24.5 Å². The molecule has 0 radical (unpaired) electrons. The number of esters is 1. The molecule has 3 aromatic rings. The molecule has 0 atom stereocenters. The van der Waals surface area contributed by atoms with Gasteiger partial charge in [0.2, 0.25) is 0 Å². The quantitative estimate of drug-likeness (QED) is 0.378. The average Bonchev–Trinajstić information content (AvgIpc) is 3.09. The SMILES string of the molecule is O=C(COC(=O)c1cc2ccccc2[nH]1)Nc1ccc([N+](=O)[O-])cc1C(F)(F)F. The Labute approximate surface area is 160 Å². The number of nitrogens with zero attached hydrogens (tertiary/aromatic N) is 1. The summed E-state index contributed by atoms with van der Waals surface area (Å²) in [7, 11) is 0. The van der Waals surface area contributed by atoms with Gasteiger partial charge in [-0.25, -0.2) is 4.79 Å². The maximum atomic E-state index is 13.1. The molecule has 1 amide bonds. The first kappa shape index (κ1) is 19.9. The molecule has 1 heterocycles. The van der Waals surface area contributed by atoms with Crippen LogP contribution in [-0.2, 0) is 15.7 Å². The molecular formula is C18H12F3N3O5. The average molecular weight is 407 g/mol. The van der Waals surface area contributed by atoms with Crippen molar-refractivity contribution in [2.75, 3.05) is 11.9 Å². The fourth-order valence-electron chi connectivity index (χ4n) is 2.57. The Morgan fingerprint density at radius 3 is 2.52 bits per heavy atom. The van der Waals surface area contributed by atoms with Gasteiger partial charge in [-0.2, -0.15) is 13.2 Å². The first-order valence-electron chi connectivity index (χ1n) is 8.05. The van der Waals surface area contributed by atoms with Gasteiger partial charge in [-0.15, -0.1) is 0 Å². The maximum absolute atomic E-state index is 13.1. The number of anilines is 1. The van der Waals surface area contributed by atoms with E-state index in [2.05, 4.69) is 4.98 Å². The Hall–Kier alpha value is -3.89. The molecule has 3 rings (SSSR count). The van der Waals surface area contributed by atoms with Crippen LogP contribution < -0.4 is 5.32 Å². The number of halogens is 3. The molecule has 2 aromatic carbocycles. The van der Waals surface area contributed by atoms with Crippen molar-refractivity contribution in [2.45, 2.75) is 6.18 Å². The third kappa shape index (κ3) is 4.51. The highest BCUT2D eigenvalue weighted by Gasteiger charge is 2.35. The molecule has 1 aromatic heterocycles. The van der Waals surface area contributed by atoms with Gasteiger partial charge < -0.3 is 15.0 Å². The number of hydrogen-bond donors (Lipinski definition) is 2. The lowest BCUT2D eigenvalue weighted by Gasteiger charge is -2.13. The minimum atomic E-state index is -4.93. The summed E-state index contributed by atoms with van der Waals surface area (Å²) in [6, 6.07) is 10.4. The number of ether oxygens (including phenoxy) is 1. The number of nitro benzene ring substituents is 1. The molecule has 0 fully saturated rings. The van der Waals surface area contributed by atoms with Gasteiger partial charge in [-0.05, 0) is 18.2 Å². The van der Waals surface area contributed by atoms with Crippen molar-refractivity contribution in [1.82, 2.24) is 4.98 Å². The van der Waals surface area contributed by atoms with Gasteiger partial charge in [0.25, 0.3) is 11.6 Å². The molecule has 2 N–H and O–H groups in total. The zero-order valence-corrected chi connectivity index (χ0v) is 14.4. The molecule has 0 aliphatic heterocycles. The van der Waals surface area contributed by atoms with Crippen LogP contribution in [0.3, 0.4) is 0 Å². The summed E-state index contributed by atoms with van der Waals surface area (Å²) < 4.78 is 44.2. The smallest absolute Gasteiger partial charge is 0.418 e. The second-order valence-corrected chi connectivity index (χ2v) is 5.88. The lowest BCUT2D eigenvalue weighted by atomic mass is 10.1. The van der Waals surface area contributed by atoms with Gasteiger partial charge in [0, 0.05) is 23.0 Å². The van der Waals surface area contributed by atoms with E-state index in [0.29, 0.717) is 11.6 Å². The van der Waals surface area contributed by atoms with E-state index in [-0.39, 0.29) is 5.69 Å². The van der Waals surface area contributed by atoms with Crippen molar-refractivity contribution >= 4 is 34.2 Å². The van der Waals surface area contributed by atoms with Gasteiger partial charge in [-0.3, -0.25) is 14.9 Å². The number of aromatic nitrogens is 1. The van der Waals surface area contributed by atoms with Gasteiger partial charge in [0.1, 0.15) is 5.69 Å². The van der Waals surface area contributed by atoms with Crippen molar-refractivity contribution in [3.8, 4) is 0 Å². The fraction of sp³-hybridized carbons (Fsp3) is 0.111. The van der Waals surface area contributed by atoms with E-state index in [1.165, 1.54) is 6.07 Å².